The van der Waals surface area contributed by atoms with Gasteiger partial charge < -0.3 is 16.0 Å². The predicted octanol–water partition coefficient (Wildman–Crippen LogP) is 7.63. The molecule has 0 aliphatic heterocycles. The maximum absolute atomic E-state index is 13.0. The molecular weight excluding hydrogens is 499 g/mol. The number of halogens is 4. The highest BCUT2D eigenvalue weighted by molar-refractivity contribution is 7.19. The molecule has 35 heavy (non-hydrogen) atoms. The Bertz CT molecular complexity index is 1410. The number of anilines is 4. The lowest BCUT2D eigenvalue weighted by atomic mass is 9.97. The van der Waals surface area contributed by atoms with Crippen LogP contribution in [0, 0.1) is 0 Å². The zero-order valence-corrected chi connectivity index (χ0v) is 19.7. The van der Waals surface area contributed by atoms with E-state index in [1.807, 2.05) is 0 Å². The Labute approximate surface area is 207 Å². The average molecular weight is 518 g/mol. The summed E-state index contributed by atoms with van der Waals surface area (Å²) in [5.41, 5.74) is 1.53. The van der Waals surface area contributed by atoms with Gasteiger partial charge in [0.25, 0.3) is 0 Å². The number of urea groups is 1. The number of hydrogen-bond donors (Lipinski definition) is 3. The minimum absolute atomic E-state index is 0.0237. The topological polar surface area (TPSA) is 78.9 Å². The summed E-state index contributed by atoms with van der Waals surface area (Å²) in [7, 11) is 0. The Morgan fingerprint density at radius 3 is 2.40 bits per heavy atom. The zero-order valence-electron chi connectivity index (χ0n) is 18.2. The van der Waals surface area contributed by atoms with Gasteiger partial charge in [-0.25, -0.2) is 14.8 Å². The summed E-state index contributed by atoms with van der Waals surface area (Å²) < 4.78 is 39.1. The molecule has 3 N–H and O–H groups in total. The SMILES string of the molecule is O=C(Nc1ccc(Nc2ncnc3sc4c(c23)CCCC4)cc1)Nc1ccc(Cl)c(C(F)(F)F)c1. The number of alkyl halides is 3. The van der Waals surface area contributed by atoms with E-state index in [4.69, 9.17) is 11.6 Å². The molecule has 2 heterocycles. The molecule has 1 aliphatic carbocycles. The molecule has 0 fully saturated rings. The first-order valence-electron chi connectivity index (χ1n) is 10.8. The van der Waals surface area contributed by atoms with Gasteiger partial charge >= 0.3 is 12.2 Å². The van der Waals surface area contributed by atoms with E-state index in [1.165, 1.54) is 22.9 Å². The van der Waals surface area contributed by atoms with Crippen LogP contribution in [0.5, 0.6) is 0 Å². The van der Waals surface area contributed by atoms with Gasteiger partial charge in [0, 0.05) is 21.9 Å². The number of aryl methyl sites for hydroxylation is 2. The van der Waals surface area contributed by atoms with E-state index in [0.717, 1.165) is 53.1 Å². The zero-order chi connectivity index (χ0) is 24.6. The third-order valence-corrected chi connectivity index (χ3v) is 7.22. The molecule has 2 aromatic heterocycles. The number of thiophene rings is 1. The predicted molar refractivity (Wildman–Crippen MR) is 133 cm³/mol. The van der Waals surface area contributed by atoms with Gasteiger partial charge in [0.15, 0.2) is 0 Å². The summed E-state index contributed by atoms with van der Waals surface area (Å²) in [4.78, 5) is 23.5. The number of benzene rings is 2. The van der Waals surface area contributed by atoms with Crippen molar-refractivity contribution in [2.75, 3.05) is 16.0 Å². The lowest BCUT2D eigenvalue weighted by molar-refractivity contribution is -0.137. The van der Waals surface area contributed by atoms with E-state index in [1.54, 1.807) is 41.9 Å². The Hall–Kier alpha value is -3.37. The van der Waals surface area contributed by atoms with Crippen LogP contribution in [0.4, 0.5) is 40.8 Å². The molecule has 11 heteroatoms. The summed E-state index contributed by atoms with van der Waals surface area (Å²) in [6.45, 7) is 0. The summed E-state index contributed by atoms with van der Waals surface area (Å²) >= 11 is 7.34. The van der Waals surface area contributed by atoms with Crippen molar-refractivity contribution in [1.82, 2.24) is 9.97 Å². The van der Waals surface area contributed by atoms with Crippen LogP contribution in [0.15, 0.2) is 48.8 Å². The summed E-state index contributed by atoms with van der Waals surface area (Å²) in [5, 5.41) is 8.96. The number of rotatable bonds is 4. The number of hydrogen-bond acceptors (Lipinski definition) is 5. The van der Waals surface area contributed by atoms with Crippen molar-refractivity contribution in [3.8, 4) is 0 Å². The lowest BCUT2D eigenvalue weighted by Gasteiger charge is -2.13. The van der Waals surface area contributed by atoms with Crippen molar-refractivity contribution in [1.29, 1.82) is 0 Å². The Balaban J connectivity index is 1.27. The quantitative estimate of drug-likeness (QED) is 0.260. The number of carbonyl (C=O) groups is 1. The Morgan fingerprint density at radius 2 is 1.63 bits per heavy atom. The maximum Gasteiger partial charge on any atom is 0.417 e. The molecule has 2 amide bonds. The molecule has 0 spiro atoms. The molecule has 2 aromatic carbocycles. The van der Waals surface area contributed by atoms with Gasteiger partial charge in [-0.1, -0.05) is 11.6 Å². The number of aromatic nitrogens is 2. The highest BCUT2D eigenvalue weighted by Crippen LogP contribution is 2.39. The molecule has 4 aromatic rings. The Morgan fingerprint density at radius 1 is 0.943 bits per heavy atom. The third kappa shape index (κ3) is 5.03. The van der Waals surface area contributed by atoms with E-state index in [0.29, 0.717) is 5.69 Å². The van der Waals surface area contributed by atoms with E-state index in [9.17, 15) is 18.0 Å². The second kappa shape index (κ2) is 9.35. The molecule has 5 rings (SSSR count). The minimum atomic E-state index is -4.62. The first-order valence-corrected chi connectivity index (χ1v) is 12.0. The first-order chi connectivity index (χ1) is 16.8. The van der Waals surface area contributed by atoms with Crippen LogP contribution in [-0.2, 0) is 19.0 Å². The van der Waals surface area contributed by atoms with Crippen molar-refractivity contribution in [3.63, 3.8) is 0 Å². The van der Waals surface area contributed by atoms with Gasteiger partial charge in [-0.05, 0) is 73.7 Å². The van der Waals surface area contributed by atoms with E-state index >= 15 is 0 Å². The molecule has 0 atom stereocenters. The summed E-state index contributed by atoms with van der Waals surface area (Å²) in [5.74, 6) is 0.746. The molecule has 6 nitrogen and oxygen atoms in total. The molecule has 0 bridgehead atoms. The highest BCUT2D eigenvalue weighted by Gasteiger charge is 2.33. The molecule has 180 valence electrons. The maximum atomic E-state index is 13.0. The fourth-order valence-corrected chi connectivity index (χ4v) is 5.53. The van der Waals surface area contributed by atoms with E-state index < -0.39 is 22.8 Å². The molecule has 1 aliphatic rings. The molecule has 0 saturated carbocycles. The van der Waals surface area contributed by atoms with Crippen LogP contribution in [0.3, 0.4) is 0 Å². The fraction of sp³-hybridized carbons (Fsp3) is 0.208. The van der Waals surface area contributed by atoms with Gasteiger partial charge in [-0.15, -0.1) is 11.3 Å². The van der Waals surface area contributed by atoms with Crippen LogP contribution in [-0.4, -0.2) is 16.0 Å². The third-order valence-electron chi connectivity index (χ3n) is 5.69. The molecular formula is C24H19ClF3N5OS. The normalized spacial score (nSPS) is 13.4. The van der Waals surface area contributed by atoms with Crippen LogP contribution in [0.1, 0.15) is 28.8 Å². The van der Waals surface area contributed by atoms with Gasteiger partial charge in [0.2, 0.25) is 0 Å². The number of nitrogens with zero attached hydrogens (tertiary/aromatic N) is 2. The fourth-order valence-electron chi connectivity index (χ4n) is 4.07. The highest BCUT2D eigenvalue weighted by atomic mass is 35.5. The lowest BCUT2D eigenvalue weighted by Crippen LogP contribution is -2.19. The van der Waals surface area contributed by atoms with Crippen LogP contribution < -0.4 is 16.0 Å². The average Bonchev–Trinajstić information content (AvgIpc) is 3.20. The van der Waals surface area contributed by atoms with Crippen LogP contribution >= 0.6 is 22.9 Å². The number of fused-ring (bicyclic) bond motifs is 3. The van der Waals surface area contributed by atoms with Crippen molar-refractivity contribution in [2.45, 2.75) is 31.9 Å². The van der Waals surface area contributed by atoms with E-state index in [-0.39, 0.29) is 5.69 Å². The van der Waals surface area contributed by atoms with Gasteiger partial charge in [0.1, 0.15) is 17.0 Å². The largest absolute Gasteiger partial charge is 0.417 e. The smallest absolute Gasteiger partial charge is 0.340 e. The van der Waals surface area contributed by atoms with Gasteiger partial charge in [-0.2, -0.15) is 13.2 Å². The second-order valence-corrected chi connectivity index (χ2v) is 9.58. The molecule has 0 unspecified atom stereocenters. The molecule has 0 saturated heterocycles. The van der Waals surface area contributed by atoms with Gasteiger partial charge in [-0.3, -0.25) is 0 Å². The number of nitrogens with one attached hydrogen (secondary N) is 3. The van der Waals surface area contributed by atoms with Gasteiger partial charge in [0.05, 0.1) is 16.0 Å². The monoisotopic (exact) mass is 517 g/mol. The van der Waals surface area contributed by atoms with Crippen LogP contribution in [0.25, 0.3) is 10.2 Å². The van der Waals surface area contributed by atoms with Crippen molar-refractivity contribution in [2.24, 2.45) is 0 Å². The van der Waals surface area contributed by atoms with Crippen molar-refractivity contribution >= 4 is 62.1 Å². The van der Waals surface area contributed by atoms with Crippen molar-refractivity contribution in [3.05, 3.63) is 69.8 Å². The number of carbonyl (C=O) groups excluding carboxylic acids is 1. The van der Waals surface area contributed by atoms with Crippen LogP contribution in [0.2, 0.25) is 5.02 Å². The molecule has 0 radical (unpaired) electrons. The van der Waals surface area contributed by atoms with Crippen molar-refractivity contribution < 1.29 is 18.0 Å². The second-order valence-electron chi connectivity index (χ2n) is 8.09. The van der Waals surface area contributed by atoms with E-state index in [2.05, 4.69) is 25.9 Å². The standard InChI is InChI=1S/C24H19ClF3N5OS/c25-18-10-9-15(11-17(18)24(26,27)28)33-23(34)32-14-7-5-13(6-8-14)31-21-20-16-3-1-2-4-19(16)35-22(20)30-12-29-21/h5-12H,1-4H2,(H,29,30,31)(H2,32,33,34). The summed E-state index contributed by atoms with van der Waals surface area (Å²) in [6, 6.07) is 9.45. The Kier molecular flexibility index (Phi) is 6.24. The summed E-state index contributed by atoms with van der Waals surface area (Å²) in [6.07, 6.45) is 1.38. The minimum Gasteiger partial charge on any atom is -0.340 e. The number of amides is 2. The first kappa shape index (κ1) is 23.4.